The number of hydrogen-bond acceptors (Lipinski definition) is 3. The van der Waals surface area contributed by atoms with E-state index in [0.29, 0.717) is 0 Å². The molecule has 16 heavy (non-hydrogen) atoms. The summed E-state index contributed by atoms with van der Waals surface area (Å²) in [7, 11) is 0. The van der Waals surface area contributed by atoms with Gasteiger partial charge in [0.2, 0.25) is 0 Å². The van der Waals surface area contributed by atoms with Gasteiger partial charge in [0.1, 0.15) is 6.61 Å². The van der Waals surface area contributed by atoms with Crippen LogP contribution in [0.2, 0.25) is 0 Å². The van der Waals surface area contributed by atoms with Gasteiger partial charge in [-0.2, -0.15) is 0 Å². The van der Waals surface area contributed by atoms with Crippen LogP contribution in [0.25, 0.3) is 0 Å². The zero-order valence-electron chi connectivity index (χ0n) is 8.59. The number of nitrogens with one attached hydrogen (secondary N) is 1. The lowest BCUT2D eigenvalue weighted by molar-refractivity contribution is 0.140. The number of benzene rings is 1. The quantitative estimate of drug-likeness (QED) is 0.760. The molecule has 6 heteroatoms. The predicted molar refractivity (Wildman–Crippen MR) is 60.3 cm³/mol. The average Bonchev–Trinajstić information content (AvgIpc) is 2.27. The summed E-state index contributed by atoms with van der Waals surface area (Å²) in [4.78, 5) is 11.1. The van der Waals surface area contributed by atoms with Gasteiger partial charge in [-0.15, -0.1) is 0 Å². The summed E-state index contributed by atoms with van der Waals surface area (Å²) in [6, 6.07) is 9.27. The molecule has 0 bridgehead atoms. The molecule has 0 saturated heterocycles. The van der Waals surface area contributed by atoms with Crippen LogP contribution in [-0.4, -0.2) is 27.2 Å². The SMILES string of the molecule is O=C(NCCS(=O)O)OCc1ccccc1. The maximum Gasteiger partial charge on any atom is 0.407 e. The van der Waals surface area contributed by atoms with Crippen LogP contribution in [0.4, 0.5) is 4.79 Å². The van der Waals surface area contributed by atoms with Crippen molar-refractivity contribution in [1.82, 2.24) is 5.32 Å². The minimum atomic E-state index is -1.89. The lowest BCUT2D eigenvalue weighted by Crippen LogP contribution is -2.28. The second-order valence-corrected chi connectivity index (χ2v) is 4.07. The summed E-state index contributed by atoms with van der Waals surface area (Å²) >= 11 is -1.89. The third kappa shape index (κ3) is 5.47. The number of carbonyl (C=O) groups is 1. The third-order valence-corrected chi connectivity index (χ3v) is 2.31. The van der Waals surface area contributed by atoms with Crippen molar-refractivity contribution in [1.29, 1.82) is 0 Å². The Morgan fingerprint density at radius 1 is 1.38 bits per heavy atom. The maximum atomic E-state index is 11.1. The van der Waals surface area contributed by atoms with Crippen LogP contribution in [0.5, 0.6) is 0 Å². The van der Waals surface area contributed by atoms with Crippen LogP contribution in [0.3, 0.4) is 0 Å². The first kappa shape index (κ1) is 12.7. The number of carbonyl (C=O) groups excluding carboxylic acids is 1. The van der Waals surface area contributed by atoms with Gasteiger partial charge in [0.15, 0.2) is 11.1 Å². The van der Waals surface area contributed by atoms with E-state index in [0.717, 1.165) is 5.56 Å². The molecule has 0 spiro atoms. The Morgan fingerprint density at radius 2 is 2.06 bits per heavy atom. The summed E-state index contributed by atoms with van der Waals surface area (Å²) in [6.07, 6.45) is -0.589. The highest BCUT2D eigenvalue weighted by atomic mass is 32.2. The Balaban J connectivity index is 2.18. The van der Waals surface area contributed by atoms with Crippen molar-refractivity contribution in [2.45, 2.75) is 6.61 Å². The van der Waals surface area contributed by atoms with Crippen LogP contribution < -0.4 is 5.32 Å². The normalized spacial score (nSPS) is 11.8. The number of alkyl carbamates (subject to hydrolysis) is 1. The number of rotatable bonds is 5. The fraction of sp³-hybridized carbons (Fsp3) is 0.300. The van der Waals surface area contributed by atoms with Crippen molar-refractivity contribution in [2.24, 2.45) is 0 Å². The summed E-state index contributed by atoms with van der Waals surface area (Å²) in [5.74, 6) is 0.000434. The predicted octanol–water partition coefficient (Wildman–Crippen LogP) is 1.13. The molecule has 1 rings (SSSR count). The van der Waals surface area contributed by atoms with Crippen molar-refractivity contribution in [2.75, 3.05) is 12.3 Å². The second-order valence-electron chi connectivity index (χ2n) is 3.01. The Bertz CT molecular complexity index is 355. The van der Waals surface area contributed by atoms with Crippen LogP contribution in [0, 0.1) is 0 Å². The van der Waals surface area contributed by atoms with Crippen LogP contribution >= 0.6 is 0 Å². The zero-order chi connectivity index (χ0) is 11.8. The Kier molecular flexibility index (Phi) is 5.52. The topological polar surface area (TPSA) is 75.6 Å². The first-order valence-electron chi connectivity index (χ1n) is 4.70. The van der Waals surface area contributed by atoms with Crippen LogP contribution in [0.15, 0.2) is 30.3 Å². The number of ether oxygens (including phenoxy) is 1. The van der Waals surface area contributed by atoms with Gasteiger partial charge in [-0.3, -0.25) is 0 Å². The van der Waals surface area contributed by atoms with E-state index in [1.165, 1.54) is 0 Å². The maximum absolute atomic E-state index is 11.1. The molecule has 5 nitrogen and oxygen atoms in total. The van der Waals surface area contributed by atoms with Gasteiger partial charge < -0.3 is 14.6 Å². The molecule has 0 aliphatic heterocycles. The largest absolute Gasteiger partial charge is 0.445 e. The van der Waals surface area contributed by atoms with Crippen LogP contribution in [-0.2, 0) is 22.4 Å². The molecule has 88 valence electrons. The van der Waals surface area contributed by atoms with Crippen molar-refractivity contribution in [3.8, 4) is 0 Å². The molecule has 1 unspecified atom stereocenters. The molecule has 2 N–H and O–H groups in total. The number of hydrogen-bond donors (Lipinski definition) is 2. The zero-order valence-corrected chi connectivity index (χ0v) is 9.40. The summed E-state index contributed by atoms with van der Waals surface area (Å²) in [5, 5.41) is 2.37. The lowest BCUT2D eigenvalue weighted by atomic mass is 10.2. The molecule has 0 aliphatic rings. The molecular formula is C10H13NO4S. The van der Waals surface area contributed by atoms with E-state index in [9.17, 15) is 9.00 Å². The van der Waals surface area contributed by atoms with Crippen molar-refractivity contribution in [3.63, 3.8) is 0 Å². The van der Waals surface area contributed by atoms with Gasteiger partial charge in [0.05, 0.1) is 5.75 Å². The smallest absolute Gasteiger partial charge is 0.407 e. The van der Waals surface area contributed by atoms with E-state index in [-0.39, 0.29) is 18.9 Å². The molecule has 1 amide bonds. The van der Waals surface area contributed by atoms with Gasteiger partial charge in [-0.05, 0) is 5.56 Å². The highest BCUT2D eigenvalue weighted by molar-refractivity contribution is 7.79. The second kappa shape index (κ2) is 6.97. The highest BCUT2D eigenvalue weighted by Crippen LogP contribution is 2.00. The van der Waals surface area contributed by atoms with Crippen molar-refractivity contribution >= 4 is 17.2 Å². The van der Waals surface area contributed by atoms with Gasteiger partial charge in [0.25, 0.3) is 0 Å². The van der Waals surface area contributed by atoms with Crippen LogP contribution in [0.1, 0.15) is 5.56 Å². The van der Waals surface area contributed by atoms with Gasteiger partial charge in [-0.25, -0.2) is 9.00 Å². The third-order valence-electron chi connectivity index (χ3n) is 1.76. The Labute approximate surface area is 96.1 Å². The molecular weight excluding hydrogens is 230 g/mol. The fourth-order valence-electron chi connectivity index (χ4n) is 1.01. The molecule has 0 aliphatic carbocycles. The highest BCUT2D eigenvalue weighted by Gasteiger charge is 2.02. The van der Waals surface area contributed by atoms with E-state index < -0.39 is 17.2 Å². The monoisotopic (exact) mass is 243 g/mol. The van der Waals surface area contributed by atoms with E-state index in [4.69, 9.17) is 9.29 Å². The molecule has 0 aromatic heterocycles. The van der Waals surface area contributed by atoms with Gasteiger partial charge in [-0.1, -0.05) is 30.3 Å². The Hall–Kier alpha value is -1.40. The van der Waals surface area contributed by atoms with E-state index in [1.54, 1.807) is 0 Å². The molecule has 1 atom stereocenters. The Morgan fingerprint density at radius 3 is 2.69 bits per heavy atom. The minimum Gasteiger partial charge on any atom is -0.445 e. The van der Waals surface area contributed by atoms with E-state index in [2.05, 4.69) is 5.32 Å². The summed E-state index contributed by atoms with van der Waals surface area (Å²) in [6.45, 7) is 0.311. The molecule has 0 fully saturated rings. The molecule has 0 saturated carbocycles. The van der Waals surface area contributed by atoms with E-state index in [1.807, 2.05) is 30.3 Å². The standard InChI is InChI=1S/C10H13NO4S/c12-10(11-6-7-16(13)14)15-8-9-4-2-1-3-5-9/h1-5H,6-8H2,(H,11,12)(H,13,14). The van der Waals surface area contributed by atoms with E-state index >= 15 is 0 Å². The van der Waals surface area contributed by atoms with Gasteiger partial charge in [0, 0.05) is 6.54 Å². The number of amides is 1. The summed E-state index contributed by atoms with van der Waals surface area (Å²) in [5.41, 5.74) is 0.892. The molecule has 1 aromatic rings. The molecule has 0 heterocycles. The average molecular weight is 243 g/mol. The van der Waals surface area contributed by atoms with Crippen molar-refractivity contribution in [3.05, 3.63) is 35.9 Å². The lowest BCUT2D eigenvalue weighted by Gasteiger charge is -2.05. The van der Waals surface area contributed by atoms with Crippen molar-refractivity contribution < 1.29 is 18.3 Å². The molecule has 1 aromatic carbocycles. The summed E-state index contributed by atoms with van der Waals surface area (Å²) < 4.78 is 23.6. The fourth-order valence-corrected chi connectivity index (χ4v) is 1.29. The first-order valence-corrected chi connectivity index (χ1v) is 5.98. The first-order chi connectivity index (χ1) is 7.68. The van der Waals surface area contributed by atoms with Gasteiger partial charge >= 0.3 is 6.09 Å². The molecule has 0 radical (unpaired) electrons. The minimum absolute atomic E-state index is 0.000434.